The van der Waals surface area contributed by atoms with Crippen molar-refractivity contribution in [1.29, 1.82) is 0 Å². The molecule has 0 heterocycles. The SMILES string of the molecule is C#CC#CC#CCC(=C)CC#CC#CC#C.O=CO.O=CO.[HH].[HH].[HH].[HH].[HH].[HH].[HH].[HH].[HH].[HH].[HH].[HH].[HH].[HH].[HH].[HH]. The van der Waals surface area contributed by atoms with Crippen molar-refractivity contribution in [1.82, 2.24) is 0 Å². The van der Waals surface area contributed by atoms with E-state index in [1.165, 1.54) is 0 Å². The molecular weight excluding hydrogens is 280 g/mol. The van der Waals surface area contributed by atoms with Crippen LogP contribution in [0.25, 0.3) is 0 Å². The monoisotopic (exact) mass is 324 g/mol. The van der Waals surface area contributed by atoms with Crippen molar-refractivity contribution in [2.24, 2.45) is 0 Å². The van der Waals surface area contributed by atoms with Gasteiger partial charge in [-0.15, -0.1) is 12.8 Å². The average Bonchev–Trinajstić information content (AvgIpc) is 2.48. The first-order valence-electron chi connectivity index (χ1n) is 5.33. The first-order valence-corrected chi connectivity index (χ1v) is 5.33. The molecule has 0 saturated heterocycles. The van der Waals surface area contributed by atoms with Crippen molar-refractivity contribution in [3.63, 3.8) is 0 Å². The third-order valence-corrected chi connectivity index (χ3v) is 1.25. The first kappa shape index (κ1) is 23.2. The Morgan fingerprint density at radius 2 is 1.18 bits per heavy atom. The van der Waals surface area contributed by atoms with Crippen molar-refractivity contribution >= 4 is 12.9 Å². The predicted octanol–water partition coefficient (Wildman–Crippen LogP) is 4.94. The van der Waals surface area contributed by atoms with E-state index >= 15 is 0 Å². The Labute approximate surface area is 154 Å². The Bertz CT molecular complexity index is 647. The Morgan fingerprint density at radius 1 is 0.864 bits per heavy atom. The molecule has 0 spiro atoms. The van der Waals surface area contributed by atoms with E-state index in [0.29, 0.717) is 12.8 Å². The Kier molecular flexibility index (Phi) is 27.1. The lowest BCUT2D eigenvalue weighted by Crippen LogP contribution is -1.76. The molecule has 0 unspecified atom stereocenters. The molecule has 0 radical (unpaired) electrons. The molecule has 0 atom stereocenters. The molecule has 0 amide bonds. The van der Waals surface area contributed by atoms with Crippen LogP contribution in [0.2, 0.25) is 0 Å². The summed E-state index contributed by atoms with van der Waals surface area (Å²) in [5.74, 6) is 25.0. The van der Waals surface area contributed by atoms with E-state index < -0.39 is 0 Å². The van der Waals surface area contributed by atoms with Gasteiger partial charge in [0.25, 0.3) is 12.9 Å². The van der Waals surface area contributed by atoms with Gasteiger partial charge in [0.15, 0.2) is 0 Å². The van der Waals surface area contributed by atoms with Crippen molar-refractivity contribution < 1.29 is 42.6 Å². The summed E-state index contributed by atoms with van der Waals surface area (Å²) in [6.45, 7) is 3.31. The second-order valence-electron chi connectivity index (χ2n) is 2.71. The summed E-state index contributed by atoms with van der Waals surface area (Å²) in [6, 6.07) is 0. The third-order valence-electron chi connectivity index (χ3n) is 1.25. The molecule has 0 aliphatic heterocycles. The highest BCUT2D eigenvalue weighted by Gasteiger charge is 1.85. The summed E-state index contributed by atoms with van der Waals surface area (Å²) in [6.07, 6.45) is 10.9. The lowest BCUT2D eigenvalue weighted by molar-refractivity contribution is -0.123. The van der Waals surface area contributed by atoms with E-state index in [1.807, 2.05) is 0 Å². The molecule has 0 aliphatic carbocycles. The number of terminal acetylenes is 2. The Morgan fingerprint density at radius 3 is 1.45 bits per heavy atom. The standard InChI is InChI=1S/C16H8.2CH2O2.16H2/c1-4-6-8-10-12-14-16(3)15-13-11-9-7-5-2;2*2-1-3;;;;;;;;;;;;;;;;/h1-2H,3,14-15H2;2*1H,(H,2,3);16*1H. The van der Waals surface area contributed by atoms with E-state index in [1.54, 1.807) is 0 Å². The Balaban J connectivity index is -0.00000000890. The lowest BCUT2D eigenvalue weighted by Gasteiger charge is -1.89. The van der Waals surface area contributed by atoms with Crippen LogP contribution in [0.15, 0.2) is 12.2 Å². The van der Waals surface area contributed by atoms with E-state index in [2.05, 4.69) is 65.8 Å². The summed E-state index contributed by atoms with van der Waals surface area (Å²) >= 11 is 0. The number of rotatable bonds is 2. The van der Waals surface area contributed by atoms with Crippen molar-refractivity contribution in [3.8, 4) is 72.1 Å². The van der Waals surface area contributed by atoms with Crippen molar-refractivity contribution in [2.75, 3.05) is 0 Å². The number of allylic oxidation sites excluding steroid dienone is 1. The summed E-state index contributed by atoms with van der Waals surface area (Å²) < 4.78 is 0. The highest BCUT2D eigenvalue weighted by molar-refractivity contribution is 5.36. The van der Waals surface area contributed by atoms with Gasteiger partial charge in [0.05, 0.1) is 0 Å². The van der Waals surface area contributed by atoms with Crippen LogP contribution < -0.4 is 0 Å². The van der Waals surface area contributed by atoms with Crippen molar-refractivity contribution in [2.45, 2.75) is 12.8 Å². The second kappa shape index (κ2) is 25.8. The predicted molar refractivity (Wildman–Crippen MR) is 118 cm³/mol. The number of hydrogen-bond acceptors (Lipinski definition) is 2. The number of carboxylic acid groups (broad SMARTS) is 2. The van der Waals surface area contributed by atoms with E-state index in [-0.39, 0.29) is 35.8 Å². The maximum Gasteiger partial charge on any atom is 0.290 e. The topological polar surface area (TPSA) is 74.6 Å². The van der Waals surface area contributed by atoms with Crippen molar-refractivity contribution in [3.05, 3.63) is 12.2 Å². The van der Waals surface area contributed by atoms with Gasteiger partial charge in [-0.1, -0.05) is 24.0 Å². The highest BCUT2D eigenvalue weighted by atomic mass is 16.3. The zero-order valence-electron chi connectivity index (χ0n) is 11.6. The summed E-state index contributed by atoms with van der Waals surface area (Å²) in [5.41, 5.74) is 0.907. The fourth-order valence-electron chi connectivity index (χ4n) is 0.624. The lowest BCUT2D eigenvalue weighted by atomic mass is 10.1. The van der Waals surface area contributed by atoms with E-state index in [9.17, 15) is 0 Å². The molecule has 0 aromatic heterocycles. The van der Waals surface area contributed by atoms with Gasteiger partial charge in [0.2, 0.25) is 0 Å². The minimum absolute atomic E-state index is 0. The number of hydrogen-bond donors (Lipinski definition) is 2. The molecule has 0 bridgehead atoms. The van der Waals surface area contributed by atoms with Gasteiger partial charge >= 0.3 is 0 Å². The van der Waals surface area contributed by atoms with Gasteiger partial charge in [0, 0.05) is 35.7 Å². The van der Waals surface area contributed by atoms with Gasteiger partial charge in [-0.3, -0.25) is 9.59 Å². The second-order valence-corrected chi connectivity index (χ2v) is 2.71. The fourth-order valence-corrected chi connectivity index (χ4v) is 0.624. The van der Waals surface area contributed by atoms with Crippen LogP contribution in [0.1, 0.15) is 35.7 Å². The van der Waals surface area contributed by atoms with Gasteiger partial charge < -0.3 is 10.2 Å². The van der Waals surface area contributed by atoms with Crippen LogP contribution >= 0.6 is 0 Å². The Hall–Kier alpha value is -3.96. The number of carbonyl (C=O) groups is 2. The van der Waals surface area contributed by atoms with Crippen LogP contribution in [0, 0.1) is 72.1 Å². The first-order chi connectivity index (χ1) is 10.6. The molecule has 0 aliphatic rings. The fraction of sp³-hybridized carbons (Fsp3) is 0.111. The normalized spacial score (nSPS) is 5.00. The molecule has 0 aromatic rings. The minimum atomic E-state index is -0.250. The highest BCUT2D eigenvalue weighted by Crippen LogP contribution is 2.00. The molecule has 2 N–H and O–H groups in total. The van der Waals surface area contributed by atoms with E-state index in [0.717, 1.165) is 5.57 Å². The largest absolute Gasteiger partial charge is 0.483 e. The molecular formula is C18H44O4. The average molecular weight is 325 g/mol. The van der Waals surface area contributed by atoms with Gasteiger partial charge in [-0.05, 0) is 47.4 Å². The molecule has 22 heavy (non-hydrogen) atoms. The zero-order valence-corrected chi connectivity index (χ0v) is 11.6. The molecule has 140 valence electrons. The maximum atomic E-state index is 8.36. The molecule has 0 fully saturated rings. The van der Waals surface area contributed by atoms with E-state index in [4.69, 9.17) is 32.6 Å². The van der Waals surface area contributed by atoms with Gasteiger partial charge in [-0.25, -0.2) is 0 Å². The van der Waals surface area contributed by atoms with Gasteiger partial charge in [-0.2, -0.15) is 0 Å². The van der Waals surface area contributed by atoms with Gasteiger partial charge in [0.1, 0.15) is 0 Å². The van der Waals surface area contributed by atoms with Crippen LogP contribution in [-0.2, 0) is 9.59 Å². The zero-order chi connectivity index (χ0) is 17.5. The maximum absolute atomic E-state index is 8.36. The molecule has 4 nitrogen and oxygen atoms in total. The molecule has 0 saturated carbocycles. The summed E-state index contributed by atoms with van der Waals surface area (Å²) in [7, 11) is 0. The molecule has 4 heteroatoms. The van der Waals surface area contributed by atoms with Crippen LogP contribution in [0.3, 0.4) is 0 Å². The van der Waals surface area contributed by atoms with Crippen LogP contribution in [0.5, 0.6) is 0 Å². The minimum Gasteiger partial charge on any atom is -0.483 e. The quantitative estimate of drug-likeness (QED) is 0.428. The third kappa shape index (κ3) is 36.0. The van der Waals surface area contributed by atoms with Crippen LogP contribution in [-0.4, -0.2) is 23.2 Å². The molecule has 0 aromatic carbocycles. The summed E-state index contributed by atoms with van der Waals surface area (Å²) in [5, 5.41) is 13.8. The summed E-state index contributed by atoms with van der Waals surface area (Å²) in [4.78, 5) is 16.7. The van der Waals surface area contributed by atoms with Crippen LogP contribution in [0.4, 0.5) is 0 Å². The smallest absolute Gasteiger partial charge is 0.290 e. The molecule has 0 rings (SSSR count).